The lowest BCUT2D eigenvalue weighted by atomic mass is 10.2. The molecule has 4 N–H and O–H groups in total. The van der Waals surface area contributed by atoms with Gasteiger partial charge in [0.2, 0.25) is 0 Å². The number of nitrogens with two attached hydrogens (primary N) is 2. The molecule has 2 aromatic rings. The van der Waals surface area contributed by atoms with E-state index in [0.717, 1.165) is 4.68 Å². The van der Waals surface area contributed by atoms with Crippen LogP contribution in [0.5, 0.6) is 0 Å². The number of anilines is 2. The minimum absolute atomic E-state index is 0.0334. The number of nitriles is 1. The van der Waals surface area contributed by atoms with Crippen molar-refractivity contribution in [1.82, 2.24) is 14.8 Å². The fraction of sp³-hybridized carbons (Fsp3) is 0. The van der Waals surface area contributed by atoms with E-state index in [2.05, 4.69) is 10.1 Å². The standard InChI is InChI=1S/C9H6ClFN6/c10-7-4(13)1-5(14)9(8(7)11)17-3-15-6(2-12)16-17/h1,3H,13-14H2. The van der Waals surface area contributed by atoms with Crippen molar-refractivity contribution in [3.63, 3.8) is 0 Å². The van der Waals surface area contributed by atoms with Gasteiger partial charge >= 0.3 is 0 Å². The molecule has 0 saturated heterocycles. The third kappa shape index (κ3) is 1.74. The van der Waals surface area contributed by atoms with Crippen LogP contribution in [0.1, 0.15) is 5.82 Å². The van der Waals surface area contributed by atoms with Gasteiger partial charge in [0, 0.05) is 0 Å². The van der Waals surface area contributed by atoms with Crippen molar-refractivity contribution in [3.05, 3.63) is 29.1 Å². The first-order valence-electron chi connectivity index (χ1n) is 4.39. The van der Waals surface area contributed by atoms with Crippen LogP contribution in [-0.2, 0) is 0 Å². The van der Waals surface area contributed by atoms with Gasteiger partial charge in [-0.1, -0.05) is 11.6 Å². The molecule has 17 heavy (non-hydrogen) atoms. The van der Waals surface area contributed by atoms with Crippen molar-refractivity contribution in [2.75, 3.05) is 11.5 Å². The van der Waals surface area contributed by atoms with E-state index >= 15 is 0 Å². The summed E-state index contributed by atoms with van der Waals surface area (Å²) in [5.41, 5.74) is 11.1. The van der Waals surface area contributed by atoms with E-state index in [9.17, 15) is 4.39 Å². The lowest BCUT2D eigenvalue weighted by molar-refractivity contribution is 0.612. The SMILES string of the molecule is N#Cc1ncn(-c2c(N)cc(N)c(Cl)c2F)n1. The molecule has 86 valence electrons. The molecular weight excluding hydrogens is 247 g/mol. The van der Waals surface area contributed by atoms with Crippen LogP contribution in [0, 0.1) is 17.1 Å². The third-order valence-electron chi connectivity index (χ3n) is 2.06. The second-order valence-electron chi connectivity index (χ2n) is 3.16. The smallest absolute Gasteiger partial charge is 0.252 e. The van der Waals surface area contributed by atoms with Gasteiger partial charge in [0.25, 0.3) is 5.82 Å². The molecule has 0 saturated carbocycles. The minimum atomic E-state index is -0.807. The summed E-state index contributed by atoms with van der Waals surface area (Å²) in [5, 5.41) is 12.0. The molecule has 1 heterocycles. The van der Waals surface area contributed by atoms with E-state index in [1.54, 1.807) is 6.07 Å². The molecule has 0 amide bonds. The number of hydrogen-bond donors (Lipinski definition) is 2. The number of nitrogens with zero attached hydrogens (tertiary/aromatic N) is 4. The molecule has 0 fully saturated rings. The second kappa shape index (κ2) is 3.92. The average Bonchev–Trinajstić information content (AvgIpc) is 2.74. The summed E-state index contributed by atoms with van der Waals surface area (Å²) in [6, 6.07) is 3.03. The maximum absolute atomic E-state index is 13.9. The van der Waals surface area contributed by atoms with Crippen LogP contribution in [0.2, 0.25) is 5.02 Å². The topological polar surface area (TPSA) is 107 Å². The Morgan fingerprint density at radius 3 is 2.71 bits per heavy atom. The Hall–Kier alpha value is -2.33. The maximum atomic E-state index is 13.9. The van der Waals surface area contributed by atoms with Gasteiger partial charge in [-0.15, -0.1) is 5.10 Å². The molecule has 0 spiro atoms. The average molecular weight is 253 g/mol. The zero-order chi connectivity index (χ0) is 12.6. The quantitative estimate of drug-likeness (QED) is 0.739. The molecule has 8 heteroatoms. The predicted molar refractivity (Wildman–Crippen MR) is 59.9 cm³/mol. The number of halogens is 2. The monoisotopic (exact) mass is 252 g/mol. The van der Waals surface area contributed by atoms with Crippen LogP contribution in [0.3, 0.4) is 0 Å². The Balaban J connectivity index is 2.68. The van der Waals surface area contributed by atoms with Crippen LogP contribution in [0.15, 0.2) is 12.4 Å². The second-order valence-corrected chi connectivity index (χ2v) is 3.53. The van der Waals surface area contributed by atoms with Crippen molar-refractivity contribution in [2.24, 2.45) is 0 Å². The fourth-order valence-corrected chi connectivity index (χ4v) is 1.46. The summed E-state index contributed by atoms with van der Waals surface area (Å²) < 4.78 is 14.9. The van der Waals surface area contributed by atoms with Gasteiger partial charge in [0.05, 0.1) is 11.4 Å². The largest absolute Gasteiger partial charge is 0.397 e. The van der Waals surface area contributed by atoms with Crippen molar-refractivity contribution in [1.29, 1.82) is 5.26 Å². The van der Waals surface area contributed by atoms with Gasteiger partial charge in [0.15, 0.2) is 5.82 Å². The zero-order valence-corrected chi connectivity index (χ0v) is 9.11. The molecule has 0 bridgehead atoms. The molecule has 0 aliphatic carbocycles. The van der Waals surface area contributed by atoms with Crippen LogP contribution in [0.4, 0.5) is 15.8 Å². The van der Waals surface area contributed by atoms with Crippen LogP contribution in [0.25, 0.3) is 5.69 Å². The molecule has 1 aromatic heterocycles. The molecule has 1 aromatic carbocycles. The van der Waals surface area contributed by atoms with Crippen LogP contribution in [-0.4, -0.2) is 14.8 Å². The number of hydrogen-bond acceptors (Lipinski definition) is 5. The van der Waals surface area contributed by atoms with Crippen LogP contribution >= 0.6 is 11.6 Å². The summed E-state index contributed by atoms with van der Waals surface area (Å²) in [6.07, 6.45) is 1.17. The first-order chi connectivity index (χ1) is 8.04. The normalized spacial score (nSPS) is 10.2. The van der Waals surface area contributed by atoms with Crippen molar-refractivity contribution in [3.8, 4) is 11.8 Å². The van der Waals surface area contributed by atoms with Crippen molar-refractivity contribution >= 4 is 23.0 Å². The van der Waals surface area contributed by atoms with Gasteiger partial charge in [-0.3, -0.25) is 0 Å². The molecule has 0 atom stereocenters. The van der Waals surface area contributed by atoms with Gasteiger partial charge in [-0.25, -0.2) is 14.1 Å². The Labute approximate surface area is 100 Å². The summed E-state index contributed by atoms with van der Waals surface area (Å²) in [6.45, 7) is 0. The number of benzene rings is 1. The van der Waals surface area contributed by atoms with Gasteiger partial charge < -0.3 is 11.5 Å². The highest BCUT2D eigenvalue weighted by Gasteiger charge is 2.17. The summed E-state index contributed by atoms with van der Waals surface area (Å²) in [5.74, 6) is -0.907. The number of nitrogen functional groups attached to an aromatic ring is 2. The molecule has 0 radical (unpaired) electrons. The van der Waals surface area contributed by atoms with E-state index in [-0.39, 0.29) is 27.9 Å². The molecule has 0 unspecified atom stereocenters. The third-order valence-corrected chi connectivity index (χ3v) is 2.44. The predicted octanol–water partition coefficient (Wildman–Crippen LogP) is 1.10. The number of aromatic nitrogens is 3. The Bertz CT molecular complexity index is 629. The van der Waals surface area contributed by atoms with Crippen LogP contribution < -0.4 is 11.5 Å². The fourth-order valence-electron chi connectivity index (χ4n) is 1.31. The number of rotatable bonds is 1. The first-order valence-corrected chi connectivity index (χ1v) is 4.77. The van der Waals surface area contributed by atoms with E-state index < -0.39 is 5.82 Å². The Morgan fingerprint density at radius 2 is 2.12 bits per heavy atom. The Kier molecular flexibility index (Phi) is 2.57. The highest BCUT2D eigenvalue weighted by Crippen LogP contribution is 2.31. The minimum Gasteiger partial charge on any atom is -0.397 e. The first kappa shape index (κ1) is 11.2. The highest BCUT2D eigenvalue weighted by molar-refractivity contribution is 6.33. The highest BCUT2D eigenvalue weighted by atomic mass is 35.5. The molecule has 0 aliphatic rings. The maximum Gasteiger partial charge on any atom is 0.252 e. The Morgan fingerprint density at radius 1 is 1.41 bits per heavy atom. The van der Waals surface area contributed by atoms with Gasteiger partial charge in [0.1, 0.15) is 23.1 Å². The lowest BCUT2D eigenvalue weighted by Gasteiger charge is -2.09. The van der Waals surface area contributed by atoms with Crippen molar-refractivity contribution in [2.45, 2.75) is 0 Å². The lowest BCUT2D eigenvalue weighted by Crippen LogP contribution is -2.06. The van der Waals surface area contributed by atoms with Gasteiger partial charge in [-0.05, 0) is 6.07 Å². The summed E-state index contributed by atoms with van der Waals surface area (Å²) >= 11 is 5.66. The summed E-state index contributed by atoms with van der Waals surface area (Å²) in [7, 11) is 0. The zero-order valence-electron chi connectivity index (χ0n) is 8.35. The molecule has 6 nitrogen and oxygen atoms in total. The molecule has 2 rings (SSSR count). The van der Waals surface area contributed by atoms with Gasteiger partial charge in [-0.2, -0.15) is 5.26 Å². The van der Waals surface area contributed by atoms with E-state index in [4.69, 9.17) is 28.3 Å². The van der Waals surface area contributed by atoms with Crippen molar-refractivity contribution < 1.29 is 4.39 Å². The summed E-state index contributed by atoms with van der Waals surface area (Å²) in [4.78, 5) is 3.64. The molecule has 0 aliphatic heterocycles. The van der Waals surface area contributed by atoms with E-state index in [0.29, 0.717) is 0 Å². The molecular formula is C9H6ClFN6. The van der Waals surface area contributed by atoms with E-state index in [1.165, 1.54) is 12.4 Å². The van der Waals surface area contributed by atoms with E-state index in [1.807, 2.05) is 0 Å².